The summed E-state index contributed by atoms with van der Waals surface area (Å²) < 4.78 is 27.2. The van der Waals surface area contributed by atoms with Gasteiger partial charge in [-0.15, -0.1) is 0 Å². The van der Waals surface area contributed by atoms with E-state index in [9.17, 15) is 8.42 Å². The van der Waals surface area contributed by atoms with Crippen molar-refractivity contribution in [2.24, 2.45) is 5.41 Å². The summed E-state index contributed by atoms with van der Waals surface area (Å²) in [5, 5.41) is 3.40. The van der Waals surface area contributed by atoms with Crippen molar-refractivity contribution < 1.29 is 13.2 Å². The molecule has 5 heteroatoms. The first-order valence-electron chi connectivity index (χ1n) is 5.71. The van der Waals surface area contributed by atoms with Crippen molar-refractivity contribution in [2.75, 3.05) is 25.7 Å². The minimum absolute atomic E-state index is 0.153. The highest BCUT2D eigenvalue weighted by Gasteiger charge is 2.47. The van der Waals surface area contributed by atoms with E-state index >= 15 is 0 Å². The summed E-state index contributed by atoms with van der Waals surface area (Å²) in [6, 6.07) is 0.442. The van der Waals surface area contributed by atoms with Crippen LogP contribution in [0.25, 0.3) is 0 Å². The second kappa shape index (κ2) is 5.02. The Morgan fingerprint density at radius 2 is 2.06 bits per heavy atom. The molecule has 0 spiro atoms. The summed E-state index contributed by atoms with van der Waals surface area (Å²) in [5.74, 6) is 0.265. The first-order valence-corrected chi connectivity index (χ1v) is 7.77. The standard InChI is InChI=1S/C11H23NO3S/c1-11(2)9(8-10(11)15-3)12-6-5-7-16(4,13)14/h9-10,12H,5-8H2,1-4H3. The number of hydrogen-bond donors (Lipinski definition) is 1. The smallest absolute Gasteiger partial charge is 0.147 e. The summed E-state index contributed by atoms with van der Waals surface area (Å²) in [6.07, 6.45) is 3.30. The predicted molar refractivity (Wildman–Crippen MR) is 65.3 cm³/mol. The number of sulfone groups is 1. The van der Waals surface area contributed by atoms with Crippen LogP contribution in [0, 0.1) is 5.41 Å². The van der Waals surface area contributed by atoms with Crippen molar-refractivity contribution >= 4 is 9.84 Å². The first kappa shape index (κ1) is 13.9. The summed E-state index contributed by atoms with van der Waals surface area (Å²) in [6.45, 7) is 5.12. The topological polar surface area (TPSA) is 55.4 Å². The Balaban J connectivity index is 2.21. The first-order chi connectivity index (χ1) is 7.27. The molecule has 96 valence electrons. The lowest BCUT2D eigenvalue weighted by Crippen LogP contribution is -2.60. The van der Waals surface area contributed by atoms with Gasteiger partial charge in [-0.05, 0) is 19.4 Å². The molecule has 1 fully saturated rings. The molecule has 0 aliphatic heterocycles. The molecule has 1 rings (SSSR count). The molecule has 0 heterocycles. The van der Waals surface area contributed by atoms with Crippen LogP contribution < -0.4 is 5.32 Å². The maximum atomic E-state index is 10.9. The average Bonchev–Trinajstić information content (AvgIpc) is 2.13. The molecular weight excluding hydrogens is 226 g/mol. The van der Waals surface area contributed by atoms with Crippen molar-refractivity contribution in [3.05, 3.63) is 0 Å². The van der Waals surface area contributed by atoms with Crippen LogP contribution in [0.15, 0.2) is 0 Å². The molecule has 0 aromatic heterocycles. The zero-order chi connectivity index (χ0) is 12.4. The van der Waals surface area contributed by atoms with Gasteiger partial charge in [0, 0.05) is 24.8 Å². The zero-order valence-corrected chi connectivity index (χ0v) is 11.4. The Morgan fingerprint density at radius 1 is 1.44 bits per heavy atom. The van der Waals surface area contributed by atoms with Gasteiger partial charge in [0.25, 0.3) is 0 Å². The van der Waals surface area contributed by atoms with E-state index < -0.39 is 9.84 Å². The van der Waals surface area contributed by atoms with Gasteiger partial charge in [-0.2, -0.15) is 0 Å². The maximum absolute atomic E-state index is 10.9. The van der Waals surface area contributed by atoms with E-state index in [2.05, 4.69) is 19.2 Å². The number of methoxy groups -OCH3 is 1. The van der Waals surface area contributed by atoms with Gasteiger partial charge in [-0.3, -0.25) is 0 Å². The van der Waals surface area contributed by atoms with Gasteiger partial charge in [-0.1, -0.05) is 13.8 Å². The molecular formula is C11H23NO3S. The van der Waals surface area contributed by atoms with Gasteiger partial charge >= 0.3 is 0 Å². The van der Waals surface area contributed by atoms with E-state index in [0.29, 0.717) is 18.6 Å². The van der Waals surface area contributed by atoms with Crippen LogP contribution in [0.1, 0.15) is 26.7 Å². The Labute approximate surface area is 98.7 Å². The van der Waals surface area contributed by atoms with Crippen molar-refractivity contribution in [3.63, 3.8) is 0 Å². The van der Waals surface area contributed by atoms with Gasteiger partial charge in [0.2, 0.25) is 0 Å². The molecule has 1 saturated carbocycles. The molecule has 0 aromatic carbocycles. The van der Waals surface area contributed by atoms with Crippen molar-refractivity contribution in [1.82, 2.24) is 5.32 Å². The fourth-order valence-corrected chi connectivity index (χ4v) is 2.91. The molecule has 0 bridgehead atoms. The summed E-state index contributed by atoms with van der Waals surface area (Å²) in [7, 11) is -1.08. The van der Waals surface area contributed by atoms with Crippen molar-refractivity contribution in [2.45, 2.75) is 38.8 Å². The van der Waals surface area contributed by atoms with Gasteiger partial charge in [0.15, 0.2) is 0 Å². The van der Waals surface area contributed by atoms with Crippen LogP contribution in [0.5, 0.6) is 0 Å². The predicted octanol–water partition coefficient (Wildman–Crippen LogP) is 0.824. The minimum atomic E-state index is -2.82. The molecule has 0 radical (unpaired) electrons. The summed E-state index contributed by atoms with van der Waals surface area (Å²) >= 11 is 0. The lowest BCUT2D eigenvalue weighted by Gasteiger charge is -2.51. The van der Waals surface area contributed by atoms with Gasteiger partial charge < -0.3 is 10.1 Å². The second-order valence-corrected chi connectivity index (χ2v) is 7.53. The summed E-state index contributed by atoms with van der Waals surface area (Å²) in [5.41, 5.74) is 0.153. The van der Waals surface area contributed by atoms with Crippen LogP contribution in [-0.4, -0.2) is 46.2 Å². The fraction of sp³-hybridized carbons (Fsp3) is 1.00. The SMILES string of the molecule is COC1CC(NCCCS(C)(=O)=O)C1(C)C. The molecule has 1 N–H and O–H groups in total. The van der Waals surface area contributed by atoms with Gasteiger partial charge in [0.1, 0.15) is 9.84 Å². The monoisotopic (exact) mass is 249 g/mol. The Kier molecular flexibility index (Phi) is 4.37. The molecule has 1 aliphatic rings. The highest BCUT2D eigenvalue weighted by Crippen LogP contribution is 2.42. The minimum Gasteiger partial charge on any atom is -0.381 e. The maximum Gasteiger partial charge on any atom is 0.147 e. The lowest BCUT2D eigenvalue weighted by atomic mass is 9.64. The fourth-order valence-electron chi connectivity index (χ4n) is 2.24. The molecule has 0 aromatic rings. The third kappa shape index (κ3) is 3.43. The van der Waals surface area contributed by atoms with Crippen LogP contribution >= 0.6 is 0 Å². The number of nitrogens with one attached hydrogen (secondary N) is 1. The highest BCUT2D eigenvalue weighted by molar-refractivity contribution is 7.90. The van der Waals surface area contributed by atoms with E-state index in [4.69, 9.17) is 4.74 Å². The Morgan fingerprint density at radius 3 is 2.50 bits per heavy atom. The molecule has 1 aliphatic carbocycles. The second-order valence-electron chi connectivity index (χ2n) is 5.27. The van der Waals surface area contributed by atoms with Crippen LogP contribution in [0.3, 0.4) is 0 Å². The third-order valence-corrected chi connectivity index (χ3v) is 4.58. The number of ether oxygens (including phenoxy) is 1. The van der Waals surface area contributed by atoms with E-state index in [1.165, 1.54) is 6.26 Å². The normalized spacial score (nSPS) is 28.8. The van der Waals surface area contributed by atoms with E-state index in [0.717, 1.165) is 13.0 Å². The van der Waals surface area contributed by atoms with E-state index in [1.807, 2.05) is 0 Å². The quantitative estimate of drug-likeness (QED) is 0.708. The lowest BCUT2D eigenvalue weighted by molar-refractivity contribution is -0.0971. The molecule has 2 unspecified atom stereocenters. The van der Waals surface area contributed by atoms with Gasteiger partial charge in [-0.25, -0.2) is 8.42 Å². The summed E-state index contributed by atoms with van der Waals surface area (Å²) in [4.78, 5) is 0. The van der Waals surface area contributed by atoms with Crippen LogP contribution in [0.2, 0.25) is 0 Å². The van der Waals surface area contributed by atoms with Crippen LogP contribution in [-0.2, 0) is 14.6 Å². The molecule has 4 nitrogen and oxygen atoms in total. The molecule has 0 amide bonds. The van der Waals surface area contributed by atoms with Crippen molar-refractivity contribution in [3.8, 4) is 0 Å². The molecule has 2 atom stereocenters. The largest absolute Gasteiger partial charge is 0.381 e. The zero-order valence-electron chi connectivity index (χ0n) is 10.6. The number of rotatable bonds is 6. The number of hydrogen-bond acceptors (Lipinski definition) is 4. The van der Waals surface area contributed by atoms with Crippen LogP contribution in [0.4, 0.5) is 0 Å². The highest BCUT2D eigenvalue weighted by atomic mass is 32.2. The molecule has 16 heavy (non-hydrogen) atoms. The van der Waals surface area contributed by atoms with Gasteiger partial charge in [0.05, 0.1) is 11.9 Å². The van der Waals surface area contributed by atoms with Crippen molar-refractivity contribution in [1.29, 1.82) is 0 Å². The average molecular weight is 249 g/mol. The van der Waals surface area contributed by atoms with E-state index in [1.54, 1.807) is 7.11 Å². The third-order valence-electron chi connectivity index (χ3n) is 3.54. The Bertz CT molecular complexity index is 324. The van der Waals surface area contributed by atoms with E-state index in [-0.39, 0.29) is 11.2 Å². The molecule has 0 saturated heterocycles. The Hall–Kier alpha value is -0.130.